The van der Waals surface area contributed by atoms with Crippen molar-refractivity contribution in [2.75, 3.05) is 7.11 Å². The van der Waals surface area contributed by atoms with Crippen LogP contribution in [0.25, 0.3) is 0 Å². The zero-order valence-corrected chi connectivity index (χ0v) is 23.6. The zero-order chi connectivity index (χ0) is 27.2. The molecule has 0 aliphatic heterocycles. The quantitative estimate of drug-likeness (QED) is 0.335. The first-order chi connectivity index (χ1) is 17.5. The Kier molecular flexibility index (Phi) is 9.52. The van der Waals surface area contributed by atoms with Gasteiger partial charge in [0.1, 0.15) is 5.75 Å². The summed E-state index contributed by atoms with van der Waals surface area (Å²) in [6, 6.07) is 20.3. The molecule has 3 rings (SSSR count). The maximum Gasteiger partial charge on any atom is 0.243 e. The molecule has 0 radical (unpaired) electrons. The molecule has 0 bridgehead atoms. The Hall–Kier alpha value is -2.72. The lowest BCUT2D eigenvalue weighted by Gasteiger charge is -2.23. The molecule has 0 aliphatic carbocycles. The Balaban J connectivity index is 1.93. The molecule has 0 fully saturated rings. The molecule has 3 aromatic carbocycles. The van der Waals surface area contributed by atoms with Gasteiger partial charge in [-0.05, 0) is 72.4 Å². The lowest BCUT2D eigenvalue weighted by molar-refractivity contribution is 0.399. The molecule has 1 N–H and O–H groups in total. The second-order valence-corrected chi connectivity index (χ2v) is 13.1. The number of nitrogens with zero attached hydrogens (tertiary/aromatic N) is 1. The summed E-state index contributed by atoms with van der Waals surface area (Å²) in [4.78, 5) is 0.0556. The van der Waals surface area contributed by atoms with Crippen LogP contribution in [0.5, 0.6) is 5.75 Å². The van der Waals surface area contributed by atoms with Crippen molar-refractivity contribution in [2.24, 2.45) is 0 Å². The van der Waals surface area contributed by atoms with E-state index in [4.69, 9.17) is 4.74 Å². The Bertz CT molecular complexity index is 1370. The zero-order valence-electron chi connectivity index (χ0n) is 22.0. The van der Waals surface area contributed by atoms with Crippen molar-refractivity contribution in [1.82, 2.24) is 9.03 Å². The van der Waals surface area contributed by atoms with Crippen LogP contribution in [-0.2, 0) is 33.1 Å². The molecule has 0 saturated carbocycles. The number of benzene rings is 3. The highest BCUT2D eigenvalue weighted by Crippen LogP contribution is 2.24. The van der Waals surface area contributed by atoms with Gasteiger partial charge in [-0.25, -0.2) is 21.6 Å². The van der Waals surface area contributed by atoms with Crippen molar-refractivity contribution in [1.29, 1.82) is 0 Å². The predicted molar refractivity (Wildman–Crippen MR) is 146 cm³/mol. The largest absolute Gasteiger partial charge is 0.497 e. The predicted octanol–water partition coefficient (Wildman–Crippen LogP) is 5.29. The molecule has 0 saturated heterocycles. The summed E-state index contributed by atoms with van der Waals surface area (Å²) in [5, 5.41) is 0. The Labute approximate surface area is 221 Å². The van der Waals surface area contributed by atoms with Gasteiger partial charge in [0, 0.05) is 19.1 Å². The molecule has 0 unspecified atom stereocenters. The molecule has 7 nitrogen and oxygen atoms in total. The van der Waals surface area contributed by atoms with Crippen molar-refractivity contribution in [2.45, 2.75) is 69.0 Å². The number of sulfonamides is 2. The maximum absolute atomic E-state index is 13.8. The number of methoxy groups -OCH3 is 1. The van der Waals surface area contributed by atoms with Crippen molar-refractivity contribution in [3.8, 4) is 5.75 Å². The molecule has 0 heterocycles. The van der Waals surface area contributed by atoms with Gasteiger partial charge in [0.05, 0.1) is 16.9 Å². The van der Waals surface area contributed by atoms with Gasteiger partial charge in [0.15, 0.2) is 0 Å². The van der Waals surface area contributed by atoms with Crippen LogP contribution in [0.4, 0.5) is 0 Å². The first-order valence-electron chi connectivity index (χ1n) is 12.3. The Morgan fingerprint density at radius 1 is 0.757 bits per heavy atom. The van der Waals surface area contributed by atoms with E-state index in [1.165, 1.54) is 34.1 Å². The molecule has 0 spiro atoms. The van der Waals surface area contributed by atoms with Gasteiger partial charge in [-0.2, -0.15) is 4.31 Å². The van der Waals surface area contributed by atoms with Crippen molar-refractivity contribution >= 4 is 20.0 Å². The fourth-order valence-electron chi connectivity index (χ4n) is 3.73. The fourth-order valence-corrected chi connectivity index (χ4v) is 6.47. The number of rotatable bonds is 12. The molecule has 200 valence electrons. The van der Waals surface area contributed by atoms with Gasteiger partial charge in [0.25, 0.3) is 0 Å². The smallest absolute Gasteiger partial charge is 0.243 e. The van der Waals surface area contributed by atoms with E-state index < -0.39 is 20.0 Å². The third-order valence-corrected chi connectivity index (χ3v) is 9.68. The van der Waals surface area contributed by atoms with Crippen molar-refractivity contribution < 1.29 is 21.6 Å². The van der Waals surface area contributed by atoms with E-state index >= 15 is 0 Å². The molecule has 0 amide bonds. The summed E-state index contributed by atoms with van der Waals surface area (Å²) < 4.78 is 62.0. The van der Waals surface area contributed by atoms with Crippen LogP contribution in [0.2, 0.25) is 0 Å². The lowest BCUT2D eigenvalue weighted by Crippen LogP contribution is -2.32. The highest BCUT2D eigenvalue weighted by atomic mass is 32.2. The third kappa shape index (κ3) is 7.41. The summed E-state index contributed by atoms with van der Waals surface area (Å²) >= 11 is 0. The SMILES string of the molecule is CC[C@@H](C)NS(=O)(=O)c1ccc(S(=O)(=O)N(Cc2ccc(OC)cc2)Cc2ccc(C(C)C)cc2)cc1. The van der Waals surface area contributed by atoms with Gasteiger partial charge in [-0.15, -0.1) is 0 Å². The highest BCUT2D eigenvalue weighted by molar-refractivity contribution is 7.89. The summed E-state index contributed by atoms with van der Waals surface area (Å²) in [5.41, 5.74) is 2.84. The van der Waals surface area contributed by atoms with Crippen LogP contribution in [0.3, 0.4) is 0 Å². The van der Waals surface area contributed by atoms with E-state index in [0.717, 1.165) is 11.1 Å². The highest BCUT2D eigenvalue weighted by Gasteiger charge is 2.26. The molecule has 0 aromatic heterocycles. The van der Waals surface area contributed by atoms with Crippen LogP contribution < -0.4 is 9.46 Å². The van der Waals surface area contributed by atoms with Gasteiger partial charge in [-0.3, -0.25) is 0 Å². The van der Waals surface area contributed by atoms with E-state index in [9.17, 15) is 16.8 Å². The summed E-state index contributed by atoms with van der Waals surface area (Å²) in [5.74, 6) is 1.06. The van der Waals surface area contributed by atoms with Crippen LogP contribution in [0, 0.1) is 0 Å². The summed E-state index contributed by atoms with van der Waals surface area (Å²) in [6.07, 6.45) is 0.643. The average molecular weight is 545 g/mol. The van der Waals surface area contributed by atoms with Crippen molar-refractivity contribution in [3.05, 3.63) is 89.5 Å². The van der Waals surface area contributed by atoms with Gasteiger partial charge in [-0.1, -0.05) is 57.2 Å². The van der Waals surface area contributed by atoms with Crippen molar-refractivity contribution in [3.63, 3.8) is 0 Å². The standard InChI is InChI=1S/C28H36N2O5S2/c1-6-22(4)29-36(31,32)27-15-17-28(18-16-27)37(33,34)30(20-24-9-13-26(35-5)14-10-24)19-23-7-11-25(12-8-23)21(2)3/h7-18,21-22,29H,6,19-20H2,1-5H3/t22-/m1/s1. The number of hydrogen-bond donors (Lipinski definition) is 1. The fraction of sp³-hybridized carbons (Fsp3) is 0.357. The van der Waals surface area contributed by atoms with E-state index in [1.54, 1.807) is 26.2 Å². The van der Waals surface area contributed by atoms with Crippen LogP contribution in [0.1, 0.15) is 56.7 Å². The van der Waals surface area contributed by atoms with Gasteiger partial charge >= 0.3 is 0 Å². The third-order valence-electron chi connectivity index (χ3n) is 6.26. The minimum atomic E-state index is -3.94. The average Bonchev–Trinajstić information content (AvgIpc) is 2.88. The first-order valence-corrected chi connectivity index (χ1v) is 15.2. The van der Waals surface area contributed by atoms with E-state index in [2.05, 4.69) is 18.6 Å². The van der Waals surface area contributed by atoms with E-state index in [-0.39, 0.29) is 28.9 Å². The second kappa shape index (κ2) is 12.2. The molecule has 0 aliphatic rings. The number of nitrogens with one attached hydrogen (secondary N) is 1. The molecular weight excluding hydrogens is 508 g/mol. The normalized spacial score (nSPS) is 13.2. The van der Waals surface area contributed by atoms with E-state index in [1.807, 2.05) is 43.3 Å². The number of ether oxygens (including phenoxy) is 1. The maximum atomic E-state index is 13.8. The van der Waals surface area contributed by atoms with Crippen LogP contribution >= 0.6 is 0 Å². The Morgan fingerprint density at radius 2 is 1.24 bits per heavy atom. The first kappa shape index (κ1) is 28.8. The minimum Gasteiger partial charge on any atom is -0.497 e. The lowest BCUT2D eigenvalue weighted by atomic mass is 10.0. The molecule has 9 heteroatoms. The molecule has 37 heavy (non-hydrogen) atoms. The van der Waals surface area contributed by atoms with Crippen LogP contribution in [-0.4, -0.2) is 34.3 Å². The monoisotopic (exact) mass is 544 g/mol. The summed E-state index contributed by atoms with van der Waals surface area (Å²) in [6.45, 7) is 8.20. The molecule has 1 atom stereocenters. The van der Waals surface area contributed by atoms with Gasteiger partial charge in [0.2, 0.25) is 20.0 Å². The molecular formula is C28H36N2O5S2. The summed E-state index contributed by atoms with van der Waals surface area (Å²) in [7, 11) is -6.10. The topological polar surface area (TPSA) is 92.8 Å². The van der Waals surface area contributed by atoms with E-state index in [0.29, 0.717) is 18.1 Å². The Morgan fingerprint density at radius 3 is 1.70 bits per heavy atom. The minimum absolute atomic E-state index is 0.0257. The number of hydrogen-bond acceptors (Lipinski definition) is 5. The van der Waals surface area contributed by atoms with Crippen LogP contribution in [0.15, 0.2) is 82.6 Å². The second-order valence-electron chi connectivity index (χ2n) is 9.42. The molecule has 3 aromatic rings. The van der Waals surface area contributed by atoms with Gasteiger partial charge < -0.3 is 4.74 Å².